The second kappa shape index (κ2) is 7.46. The van der Waals surface area contributed by atoms with Crippen molar-refractivity contribution >= 4 is 5.82 Å². The Morgan fingerprint density at radius 3 is 3.05 bits per heavy atom. The van der Waals surface area contributed by atoms with Crippen molar-refractivity contribution < 1.29 is 5.11 Å². The van der Waals surface area contributed by atoms with Crippen molar-refractivity contribution in [3.05, 3.63) is 23.9 Å². The molecule has 1 aliphatic heterocycles. The van der Waals surface area contributed by atoms with E-state index in [4.69, 9.17) is 0 Å². The summed E-state index contributed by atoms with van der Waals surface area (Å²) >= 11 is 0. The Hall–Kier alpha value is -1.13. The van der Waals surface area contributed by atoms with E-state index in [9.17, 15) is 5.11 Å². The number of anilines is 1. The van der Waals surface area contributed by atoms with Gasteiger partial charge in [0, 0.05) is 19.1 Å². The molecule has 0 radical (unpaired) electrons. The first-order chi connectivity index (χ1) is 9.33. The lowest BCUT2D eigenvalue weighted by Crippen LogP contribution is -2.37. The van der Waals surface area contributed by atoms with Gasteiger partial charge in [0.25, 0.3) is 0 Å². The second-order valence-corrected chi connectivity index (χ2v) is 5.20. The van der Waals surface area contributed by atoms with E-state index in [1.54, 1.807) is 0 Å². The molecule has 19 heavy (non-hydrogen) atoms. The number of nitrogens with one attached hydrogen (secondary N) is 1. The summed E-state index contributed by atoms with van der Waals surface area (Å²) in [6, 6.07) is 6.41. The van der Waals surface area contributed by atoms with Crippen molar-refractivity contribution in [3.8, 4) is 0 Å². The summed E-state index contributed by atoms with van der Waals surface area (Å²) in [5.41, 5.74) is 1.08. The van der Waals surface area contributed by atoms with Crippen molar-refractivity contribution in [2.75, 3.05) is 25.0 Å². The molecule has 1 saturated heterocycles. The second-order valence-electron chi connectivity index (χ2n) is 5.20. The van der Waals surface area contributed by atoms with Gasteiger partial charge in [0.15, 0.2) is 0 Å². The van der Waals surface area contributed by atoms with Crippen LogP contribution in [0.5, 0.6) is 0 Å². The van der Waals surface area contributed by atoms with Crippen LogP contribution in [0.1, 0.15) is 38.3 Å². The van der Waals surface area contributed by atoms with E-state index in [0.29, 0.717) is 6.04 Å². The van der Waals surface area contributed by atoms with E-state index < -0.39 is 0 Å². The molecule has 1 atom stereocenters. The zero-order chi connectivity index (χ0) is 13.5. The molecule has 1 aromatic rings. The van der Waals surface area contributed by atoms with Gasteiger partial charge in [-0.2, -0.15) is 0 Å². The largest absolute Gasteiger partial charge is 0.395 e. The van der Waals surface area contributed by atoms with Gasteiger partial charge in [0.1, 0.15) is 5.82 Å². The third-order valence-corrected chi connectivity index (χ3v) is 3.74. The van der Waals surface area contributed by atoms with Crippen LogP contribution in [0, 0.1) is 0 Å². The predicted molar refractivity (Wildman–Crippen MR) is 78.2 cm³/mol. The van der Waals surface area contributed by atoms with E-state index in [1.807, 2.05) is 12.1 Å². The quantitative estimate of drug-likeness (QED) is 0.855. The van der Waals surface area contributed by atoms with Crippen LogP contribution in [0.3, 0.4) is 0 Å². The smallest absolute Gasteiger partial charge is 0.126 e. The zero-order valence-corrected chi connectivity index (χ0v) is 11.8. The first-order valence-electron chi connectivity index (χ1n) is 7.38. The minimum atomic E-state index is 0.257. The maximum Gasteiger partial charge on any atom is 0.126 e. The molecular formula is C15H25N3O. The van der Waals surface area contributed by atoms with Crippen LogP contribution in [-0.4, -0.2) is 40.7 Å². The van der Waals surface area contributed by atoms with Crippen LogP contribution >= 0.6 is 0 Å². The van der Waals surface area contributed by atoms with Crippen LogP contribution in [0.25, 0.3) is 0 Å². The van der Waals surface area contributed by atoms with Gasteiger partial charge in [-0.1, -0.05) is 18.9 Å². The number of aromatic nitrogens is 1. The lowest BCUT2D eigenvalue weighted by molar-refractivity contribution is 0.117. The molecule has 0 amide bonds. The van der Waals surface area contributed by atoms with E-state index in [2.05, 4.69) is 28.2 Å². The molecule has 2 rings (SSSR count). The first-order valence-corrected chi connectivity index (χ1v) is 7.38. The molecule has 2 heterocycles. The van der Waals surface area contributed by atoms with Crippen molar-refractivity contribution in [2.24, 2.45) is 0 Å². The fraction of sp³-hybridized carbons (Fsp3) is 0.667. The molecule has 0 bridgehead atoms. The van der Waals surface area contributed by atoms with Crippen LogP contribution < -0.4 is 5.32 Å². The van der Waals surface area contributed by atoms with E-state index in [-0.39, 0.29) is 6.61 Å². The van der Waals surface area contributed by atoms with Gasteiger partial charge in [0.05, 0.1) is 12.3 Å². The number of pyridine rings is 1. The summed E-state index contributed by atoms with van der Waals surface area (Å²) in [5.74, 6) is 0.940. The topological polar surface area (TPSA) is 48.4 Å². The molecule has 1 unspecified atom stereocenters. The molecule has 0 saturated carbocycles. The number of aliphatic hydroxyl groups is 1. The van der Waals surface area contributed by atoms with Crippen molar-refractivity contribution in [3.63, 3.8) is 0 Å². The third kappa shape index (κ3) is 4.18. The van der Waals surface area contributed by atoms with Crippen LogP contribution in [0.2, 0.25) is 0 Å². The molecule has 4 heteroatoms. The Labute approximate surface area is 115 Å². The number of hydrogen-bond acceptors (Lipinski definition) is 4. The highest BCUT2D eigenvalue weighted by Gasteiger charge is 2.20. The van der Waals surface area contributed by atoms with Gasteiger partial charge in [-0.25, -0.2) is 4.98 Å². The highest BCUT2D eigenvalue weighted by Crippen LogP contribution is 2.19. The summed E-state index contributed by atoms with van der Waals surface area (Å²) in [7, 11) is 0. The Kier molecular flexibility index (Phi) is 5.61. The third-order valence-electron chi connectivity index (χ3n) is 3.74. The zero-order valence-electron chi connectivity index (χ0n) is 11.8. The van der Waals surface area contributed by atoms with Crippen molar-refractivity contribution in [1.29, 1.82) is 0 Å². The van der Waals surface area contributed by atoms with E-state index in [0.717, 1.165) is 37.6 Å². The molecular weight excluding hydrogens is 238 g/mol. The number of rotatable bonds is 5. The summed E-state index contributed by atoms with van der Waals surface area (Å²) in [5, 5.41) is 12.8. The highest BCUT2D eigenvalue weighted by atomic mass is 16.3. The molecule has 0 aromatic carbocycles. The van der Waals surface area contributed by atoms with Gasteiger partial charge in [-0.05, 0) is 38.4 Å². The molecule has 0 spiro atoms. The molecule has 2 N–H and O–H groups in total. The van der Waals surface area contributed by atoms with Crippen LogP contribution in [0.4, 0.5) is 5.82 Å². The maximum absolute atomic E-state index is 9.53. The predicted octanol–water partition coefficient (Wildman–Crippen LogP) is 2.25. The molecule has 1 fully saturated rings. The number of aliphatic hydroxyl groups excluding tert-OH is 1. The van der Waals surface area contributed by atoms with Gasteiger partial charge in [-0.15, -0.1) is 0 Å². The highest BCUT2D eigenvalue weighted by molar-refractivity contribution is 5.34. The summed E-state index contributed by atoms with van der Waals surface area (Å²) in [6.07, 6.45) is 4.83. The van der Waals surface area contributed by atoms with Crippen molar-refractivity contribution in [2.45, 2.75) is 45.2 Å². The first kappa shape index (κ1) is 14.3. The normalized spacial score (nSPS) is 21.1. The minimum Gasteiger partial charge on any atom is -0.395 e. The molecule has 106 valence electrons. The molecule has 1 aliphatic rings. The minimum absolute atomic E-state index is 0.257. The Bertz CT molecular complexity index is 383. The molecule has 0 aliphatic carbocycles. The monoisotopic (exact) mass is 263 g/mol. The van der Waals surface area contributed by atoms with Crippen LogP contribution in [-0.2, 0) is 6.54 Å². The average Bonchev–Trinajstić information content (AvgIpc) is 2.64. The standard InChI is InChI=1S/C15H25N3O/c1-2-16-15-9-6-7-13(17-15)11-18-10-5-3-4-8-14(18)12-19/h6-7,9,14,19H,2-5,8,10-12H2,1H3,(H,16,17). The Morgan fingerprint density at radius 1 is 1.37 bits per heavy atom. The Balaban J connectivity index is 2.03. The summed E-state index contributed by atoms with van der Waals surface area (Å²) in [4.78, 5) is 7.00. The fourth-order valence-electron chi connectivity index (χ4n) is 2.71. The van der Waals surface area contributed by atoms with Crippen LogP contribution in [0.15, 0.2) is 18.2 Å². The molecule has 1 aromatic heterocycles. The summed E-state index contributed by atoms with van der Waals surface area (Å²) in [6.45, 7) is 5.13. The van der Waals surface area contributed by atoms with Gasteiger partial charge < -0.3 is 10.4 Å². The fourth-order valence-corrected chi connectivity index (χ4v) is 2.71. The van der Waals surface area contributed by atoms with Gasteiger partial charge >= 0.3 is 0 Å². The number of nitrogens with zero attached hydrogens (tertiary/aromatic N) is 2. The average molecular weight is 263 g/mol. The van der Waals surface area contributed by atoms with Gasteiger partial charge in [-0.3, -0.25) is 4.90 Å². The number of hydrogen-bond donors (Lipinski definition) is 2. The van der Waals surface area contributed by atoms with E-state index >= 15 is 0 Å². The van der Waals surface area contributed by atoms with Crippen molar-refractivity contribution in [1.82, 2.24) is 9.88 Å². The number of likely N-dealkylation sites (tertiary alicyclic amines) is 1. The molecule has 4 nitrogen and oxygen atoms in total. The lowest BCUT2D eigenvalue weighted by Gasteiger charge is -2.28. The van der Waals surface area contributed by atoms with E-state index in [1.165, 1.54) is 19.3 Å². The van der Waals surface area contributed by atoms with Gasteiger partial charge in [0.2, 0.25) is 0 Å². The Morgan fingerprint density at radius 2 is 2.26 bits per heavy atom. The SMILES string of the molecule is CCNc1cccc(CN2CCCCCC2CO)n1. The summed E-state index contributed by atoms with van der Waals surface area (Å²) < 4.78 is 0. The lowest BCUT2D eigenvalue weighted by atomic mass is 10.1. The maximum atomic E-state index is 9.53.